The lowest BCUT2D eigenvalue weighted by Gasteiger charge is -2.18. The number of carbonyl (C=O) groups excluding carboxylic acids is 3. The molecule has 1 aliphatic rings. The molecule has 0 unspecified atom stereocenters. The average Bonchev–Trinajstić information content (AvgIpc) is 3.05. The molecular formula is C22H19BrClNO6S. The highest BCUT2D eigenvalue weighted by Crippen LogP contribution is 2.39. The zero-order valence-corrected chi connectivity index (χ0v) is 20.5. The van der Waals surface area contributed by atoms with Crippen molar-refractivity contribution < 1.29 is 28.6 Å². The first-order chi connectivity index (χ1) is 15.2. The number of hydrogen-bond acceptors (Lipinski definition) is 7. The van der Waals surface area contributed by atoms with E-state index < -0.39 is 23.2 Å². The first-order valence-electron chi connectivity index (χ1n) is 9.34. The molecule has 0 aromatic heterocycles. The first kappa shape index (κ1) is 24.2. The monoisotopic (exact) mass is 539 g/mol. The number of rotatable bonds is 7. The summed E-state index contributed by atoms with van der Waals surface area (Å²) in [4.78, 5) is 37.8. The minimum absolute atomic E-state index is 0.160. The van der Waals surface area contributed by atoms with Gasteiger partial charge in [-0.15, -0.1) is 0 Å². The molecule has 0 radical (unpaired) electrons. The van der Waals surface area contributed by atoms with E-state index in [0.717, 1.165) is 26.7 Å². The van der Waals surface area contributed by atoms with Crippen molar-refractivity contribution in [2.45, 2.75) is 19.6 Å². The summed E-state index contributed by atoms with van der Waals surface area (Å²) in [6.45, 7) is 1.72. The van der Waals surface area contributed by atoms with Crippen LogP contribution in [0.1, 0.15) is 18.1 Å². The van der Waals surface area contributed by atoms with Gasteiger partial charge in [0.15, 0.2) is 11.5 Å². The van der Waals surface area contributed by atoms with E-state index in [9.17, 15) is 14.4 Å². The highest BCUT2D eigenvalue weighted by atomic mass is 79.9. The summed E-state index contributed by atoms with van der Waals surface area (Å²) >= 11 is 10.5. The van der Waals surface area contributed by atoms with E-state index in [1.807, 2.05) is 24.3 Å². The molecule has 0 aliphatic carbocycles. The maximum atomic E-state index is 12.7. The summed E-state index contributed by atoms with van der Waals surface area (Å²) < 4.78 is 16.9. The predicted octanol–water partition coefficient (Wildman–Crippen LogP) is 5.29. The number of ether oxygens (including phenoxy) is 3. The molecule has 0 saturated carbocycles. The summed E-state index contributed by atoms with van der Waals surface area (Å²) in [7, 11) is 2.68. The number of esters is 1. The third kappa shape index (κ3) is 5.28. The largest absolute Gasteiger partial charge is 0.493 e. The van der Waals surface area contributed by atoms with Crippen molar-refractivity contribution in [3.05, 3.63) is 61.9 Å². The van der Waals surface area contributed by atoms with Gasteiger partial charge in [0.2, 0.25) is 0 Å². The molecule has 10 heteroatoms. The summed E-state index contributed by atoms with van der Waals surface area (Å²) in [5.41, 5.74) is 1.49. The Morgan fingerprint density at radius 1 is 1.22 bits per heavy atom. The molecule has 0 spiro atoms. The van der Waals surface area contributed by atoms with Gasteiger partial charge in [-0.3, -0.25) is 14.5 Å². The Kier molecular flexibility index (Phi) is 7.86. The molecule has 2 aromatic rings. The van der Waals surface area contributed by atoms with E-state index in [1.165, 1.54) is 27.2 Å². The van der Waals surface area contributed by atoms with Crippen LogP contribution in [-0.2, 0) is 20.9 Å². The lowest BCUT2D eigenvalue weighted by Crippen LogP contribution is -2.42. The first-order valence-corrected chi connectivity index (χ1v) is 11.3. The summed E-state index contributed by atoms with van der Waals surface area (Å²) in [5, 5.41) is -0.262. The molecule has 7 nitrogen and oxygen atoms in total. The van der Waals surface area contributed by atoms with Crippen LogP contribution in [0.4, 0.5) is 4.79 Å². The van der Waals surface area contributed by atoms with E-state index in [0.29, 0.717) is 17.1 Å². The number of amides is 2. The van der Waals surface area contributed by atoms with Gasteiger partial charge in [0.1, 0.15) is 12.6 Å². The van der Waals surface area contributed by atoms with Crippen LogP contribution in [0.5, 0.6) is 11.5 Å². The van der Waals surface area contributed by atoms with Crippen molar-refractivity contribution in [3.63, 3.8) is 0 Å². The van der Waals surface area contributed by atoms with Crippen LogP contribution in [0.15, 0.2) is 45.8 Å². The molecule has 2 aromatic carbocycles. The maximum Gasteiger partial charge on any atom is 0.328 e. The van der Waals surface area contributed by atoms with Crippen LogP contribution in [0, 0.1) is 0 Å². The van der Waals surface area contributed by atoms with Crippen molar-refractivity contribution >= 4 is 62.5 Å². The van der Waals surface area contributed by atoms with E-state index in [1.54, 1.807) is 12.1 Å². The number of benzene rings is 2. The van der Waals surface area contributed by atoms with Crippen LogP contribution in [0.2, 0.25) is 5.02 Å². The molecule has 0 bridgehead atoms. The van der Waals surface area contributed by atoms with Gasteiger partial charge >= 0.3 is 5.97 Å². The zero-order valence-electron chi connectivity index (χ0n) is 17.4. The third-order valence-electron chi connectivity index (χ3n) is 4.60. The second-order valence-corrected chi connectivity index (χ2v) is 9.02. The number of nitrogens with zero attached hydrogens (tertiary/aromatic N) is 1. The Labute approximate surface area is 202 Å². The molecule has 1 aliphatic heterocycles. The van der Waals surface area contributed by atoms with Crippen LogP contribution in [0.25, 0.3) is 6.08 Å². The molecule has 2 amide bonds. The number of hydrogen-bond donors (Lipinski definition) is 0. The normalized spacial score (nSPS) is 15.8. The van der Waals surface area contributed by atoms with Gasteiger partial charge in [0, 0.05) is 4.47 Å². The van der Waals surface area contributed by atoms with Gasteiger partial charge in [-0.1, -0.05) is 39.7 Å². The van der Waals surface area contributed by atoms with Gasteiger partial charge in [-0.25, -0.2) is 4.79 Å². The van der Waals surface area contributed by atoms with Crippen LogP contribution >= 0.6 is 39.3 Å². The molecule has 32 heavy (non-hydrogen) atoms. The Morgan fingerprint density at radius 3 is 2.53 bits per heavy atom. The maximum absolute atomic E-state index is 12.7. The average molecular weight is 541 g/mol. The smallest absolute Gasteiger partial charge is 0.328 e. The highest BCUT2D eigenvalue weighted by molar-refractivity contribution is 9.10. The van der Waals surface area contributed by atoms with Crippen LogP contribution in [0.3, 0.4) is 0 Å². The van der Waals surface area contributed by atoms with Gasteiger partial charge in [-0.2, -0.15) is 0 Å². The molecule has 0 N–H and O–H groups in total. The van der Waals surface area contributed by atoms with Gasteiger partial charge in [0.25, 0.3) is 11.1 Å². The van der Waals surface area contributed by atoms with Gasteiger partial charge < -0.3 is 14.2 Å². The SMILES string of the molecule is COC(=O)[C@H](C)N1C(=O)S/C(=C/c2cc(Cl)c(OCc3ccc(Br)cc3)c(OC)c2)C1=O. The van der Waals surface area contributed by atoms with Crippen LogP contribution < -0.4 is 9.47 Å². The Hall–Kier alpha value is -2.49. The number of halogens is 2. The molecule has 168 valence electrons. The standard InChI is InChI=1S/C22H19BrClNO6S/c1-12(21(27)30-3)25-20(26)18(32-22(25)28)10-14-8-16(24)19(17(9-14)29-2)31-11-13-4-6-15(23)7-5-13/h4-10,12H,11H2,1-3H3/b18-10+/t12-/m0/s1. The lowest BCUT2D eigenvalue weighted by atomic mass is 10.1. The van der Waals surface area contributed by atoms with Gasteiger partial charge in [-0.05, 0) is 60.2 Å². The predicted molar refractivity (Wildman–Crippen MR) is 126 cm³/mol. The summed E-state index contributed by atoms with van der Waals surface area (Å²) in [6, 6.07) is 9.91. The second-order valence-electron chi connectivity index (χ2n) is 6.70. The molecule has 3 rings (SSSR count). The summed E-state index contributed by atoms with van der Waals surface area (Å²) in [6.07, 6.45) is 1.52. The van der Waals surface area contributed by atoms with Gasteiger partial charge in [0.05, 0.1) is 24.1 Å². The molecule has 1 atom stereocenters. The minimum atomic E-state index is -1.02. The number of methoxy groups -OCH3 is 2. The fourth-order valence-electron chi connectivity index (χ4n) is 2.94. The van der Waals surface area contributed by atoms with Crippen molar-refractivity contribution in [2.75, 3.05) is 14.2 Å². The second kappa shape index (κ2) is 10.4. The van der Waals surface area contributed by atoms with Crippen molar-refractivity contribution in [2.24, 2.45) is 0 Å². The molecular weight excluding hydrogens is 522 g/mol. The highest BCUT2D eigenvalue weighted by Gasteiger charge is 2.41. The molecule has 1 heterocycles. The Morgan fingerprint density at radius 2 is 1.91 bits per heavy atom. The van der Waals surface area contributed by atoms with Crippen molar-refractivity contribution in [3.8, 4) is 11.5 Å². The fourth-order valence-corrected chi connectivity index (χ4v) is 4.39. The van der Waals surface area contributed by atoms with Crippen LogP contribution in [-0.4, -0.2) is 42.3 Å². The van der Waals surface area contributed by atoms with E-state index in [2.05, 4.69) is 20.7 Å². The molecule has 1 saturated heterocycles. The zero-order chi connectivity index (χ0) is 23.4. The number of imide groups is 1. The van der Waals surface area contributed by atoms with E-state index in [-0.39, 0.29) is 16.5 Å². The number of carbonyl (C=O) groups is 3. The fraction of sp³-hybridized carbons (Fsp3) is 0.227. The Balaban J connectivity index is 1.83. The van der Waals surface area contributed by atoms with Crippen molar-refractivity contribution in [1.29, 1.82) is 0 Å². The van der Waals surface area contributed by atoms with E-state index in [4.69, 9.17) is 21.1 Å². The summed E-state index contributed by atoms with van der Waals surface area (Å²) in [5.74, 6) is -0.515. The molecule has 1 fully saturated rings. The van der Waals surface area contributed by atoms with Crippen molar-refractivity contribution in [1.82, 2.24) is 4.90 Å². The lowest BCUT2D eigenvalue weighted by molar-refractivity contribution is -0.148. The van der Waals surface area contributed by atoms with E-state index >= 15 is 0 Å². The minimum Gasteiger partial charge on any atom is -0.493 e. The topological polar surface area (TPSA) is 82.1 Å². The Bertz CT molecular complexity index is 1090. The third-order valence-corrected chi connectivity index (χ3v) is 6.29. The quantitative estimate of drug-likeness (QED) is 0.349. The number of thioether (sulfide) groups is 1.